The molecule has 0 aliphatic heterocycles. The highest BCUT2D eigenvalue weighted by Crippen LogP contribution is 2.29. The molecule has 6 heteroatoms. The predicted octanol–water partition coefficient (Wildman–Crippen LogP) is 2.44. The summed E-state index contributed by atoms with van der Waals surface area (Å²) >= 11 is 0. The van der Waals surface area contributed by atoms with E-state index in [0.29, 0.717) is 36.2 Å². The monoisotopic (exact) mass is 315 g/mol. The minimum Gasteiger partial charge on any atom is -0.494 e. The number of carbonyl (C=O) groups is 2. The first-order valence-electron chi connectivity index (χ1n) is 7.44. The predicted molar refractivity (Wildman–Crippen MR) is 89.5 cm³/mol. The van der Waals surface area contributed by atoms with Crippen LogP contribution >= 0.6 is 0 Å². The van der Waals surface area contributed by atoms with E-state index in [-0.39, 0.29) is 11.8 Å². The van der Waals surface area contributed by atoms with E-state index in [9.17, 15) is 9.59 Å². The first-order chi connectivity index (χ1) is 11.0. The normalized spacial score (nSPS) is 10.4. The van der Waals surface area contributed by atoms with Gasteiger partial charge in [-0.05, 0) is 30.7 Å². The van der Waals surface area contributed by atoms with Gasteiger partial charge in [-0.25, -0.2) is 0 Å². The van der Waals surface area contributed by atoms with Gasteiger partial charge in [0.15, 0.2) is 0 Å². The Balaban J connectivity index is 2.04. The lowest BCUT2D eigenvalue weighted by Crippen LogP contribution is -2.21. The molecule has 0 aliphatic carbocycles. The van der Waals surface area contributed by atoms with Crippen molar-refractivity contribution in [3.8, 4) is 5.75 Å². The molecule has 0 saturated heterocycles. The number of ether oxygens (including phenoxy) is 1. The van der Waals surface area contributed by atoms with Crippen LogP contribution in [0, 0.1) is 0 Å². The van der Waals surface area contributed by atoms with Crippen LogP contribution in [0.3, 0.4) is 0 Å². The van der Waals surface area contributed by atoms with Gasteiger partial charge in [0.2, 0.25) is 11.8 Å². The SMILES string of the molecule is COc1ccc(NC(=O)CCCC(=O)N(C)C)c2cccnc12. The number of hydrogen-bond donors (Lipinski definition) is 1. The topological polar surface area (TPSA) is 71.5 Å². The number of anilines is 1. The van der Waals surface area contributed by atoms with Gasteiger partial charge in [0.1, 0.15) is 11.3 Å². The van der Waals surface area contributed by atoms with Crippen LogP contribution in [0.5, 0.6) is 5.75 Å². The van der Waals surface area contributed by atoms with Gasteiger partial charge in [-0.15, -0.1) is 0 Å². The maximum absolute atomic E-state index is 12.1. The average molecular weight is 315 g/mol. The fourth-order valence-corrected chi connectivity index (χ4v) is 2.26. The first-order valence-corrected chi connectivity index (χ1v) is 7.44. The van der Waals surface area contributed by atoms with Gasteiger partial charge in [-0.3, -0.25) is 14.6 Å². The number of methoxy groups -OCH3 is 1. The first kappa shape index (κ1) is 16.7. The number of pyridine rings is 1. The summed E-state index contributed by atoms with van der Waals surface area (Å²) in [6.45, 7) is 0. The number of benzene rings is 1. The van der Waals surface area contributed by atoms with E-state index in [1.807, 2.05) is 12.1 Å². The molecule has 0 spiro atoms. The smallest absolute Gasteiger partial charge is 0.224 e. The Morgan fingerprint density at radius 2 is 2.00 bits per heavy atom. The molecule has 2 rings (SSSR count). The van der Waals surface area contributed by atoms with Crippen LogP contribution in [-0.2, 0) is 9.59 Å². The van der Waals surface area contributed by atoms with Gasteiger partial charge in [0.05, 0.1) is 12.8 Å². The minimum atomic E-state index is -0.119. The van der Waals surface area contributed by atoms with Crippen LogP contribution in [0.15, 0.2) is 30.5 Å². The molecule has 0 radical (unpaired) electrons. The molecule has 0 fully saturated rings. The van der Waals surface area contributed by atoms with Crippen LogP contribution in [0.25, 0.3) is 10.9 Å². The Morgan fingerprint density at radius 1 is 1.22 bits per heavy atom. The molecule has 2 aromatic rings. The summed E-state index contributed by atoms with van der Waals surface area (Å²) in [5, 5.41) is 3.70. The molecular formula is C17H21N3O3. The van der Waals surface area contributed by atoms with Crippen molar-refractivity contribution in [2.24, 2.45) is 0 Å². The van der Waals surface area contributed by atoms with Gasteiger partial charge >= 0.3 is 0 Å². The standard InChI is InChI=1S/C17H21N3O3/c1-20(2)16(22)8-4-7-15(21)19-13-9-10-14(23-3)17-12(13)6-5-11-18-17/h5-6,9-11H,4,7-8H2,1-3H3,(H,19,21). The van der Waals surface area contributed by atoms with E-state index in [0.717, 1.165) is 5.39 Å². The Labute approximate surface area is 135 Å². The van der Waals surface area contributed by atoms with Gasteiger partial charge in [0, 0.05) is 38.5 Å². The van der Waals surface area contributed by atoms with Crippen LogP contribution in [0.1, 0.15) is 19.3 Å². The second kappa shape index (κ2) is 7.58. The van der Waals surface area contributed by atoms with E-state index in [1.165, 1.54) is 4.90 Å². The molecule has 0 aliphatic rings. The van der Waals surface area contributed by atoms with Crippen LogP contribution in [0.2, 0.25) is 0 Å². The zero-order valence-electron chi connectivity index (χ0n) is 13.6. The summed E-state index contributed by atoms with van der Waals surface area (Å²) in [6, 6.07) is 7.27. The highest BCUT2D eigenvalue weighted by Gasteiger charge is 2.11. The molecule has 0 atom stereocenters. The molecule has 6 nitrogen and oxygen atoms in total. The van der Waals surface area contributed by atoms with E-state index in [4.69, 9.17) is 4.74 Å². The molecule has 23 heavy (non-hydrogen) atoms. The molecule has 0 unspecified atom stereocenters. The van der Waals surface area contributed by atoms with Crippen molar-refractivity contribution in [2.75, 3.05) is 26.5 Å². The quantitative estimate of drug-likeness (QED) is 0.889. The van der Waals surface area contributed by atoms with Crippen molar-refractivity contribution in [2.45, 2.75) is 19.3 Å². The van der Waals surface area contributed by atoms with E-state index >= 15 is 0 Å². The fourth-order valence-electron chi connectivity index (χ4n) is 2.26. The molecule has 122 valence electrons. The van der Waals surface area contributed by atoms with Crippen LogP contribution in [-0.4, -0.2) is 42.9 Å². The summed E-state index contributed by atoms with van der Waals surface area (Å²) in [7, 11) is 5.00. The van der Waals surface area contributed by atoms with Gasteiger partial charge in [-0.1, -0.05) is 0 Å². The summed E-state index contributed by atoms with van der Waals surface area (Å²) in [6.07, 6.45) is 2.87. The molecule has 2 amide bonds. The highest BCUT2D eigenvalue weighted by atomic mass is 16.5. The number of nitrogens with one attached hydrogen (secondary N) is 1. The van der Waals surface area contributed by atoms with Crippen molar-refractivity contribution >= 4 is 28.4 Å². The second-order valence-electron chi connectivity index (χ2n) is 5.40. The van der Waals surface area contributed by atoms with Crippen LogP contribution in [0.4, 0.5) is 5.69 Å². The lowest BCUT2D eigenvalue weighted by atomic mass is 10.1. The van der Waals surface area contributed by atoms with E-state index < -0.39 is 0 Å². The average Bonchev–Trinajstić information content (AvgIpc) is 2.55. The Hall–Kier alpha value is -2.63. The van der Waals surface area contributed by atoms with Crippen molar-refractivity contribution in [3.05, 3.63) is 30.5 Å². The highest BCUT2D eigenvalue weighted by molar-refractivity contribution is 6.02. The number of aromatic nitrogens is 1. The summed E-state index contributed by atoms with van der Waals surface area (Å²) < 4.78 is 5.28. The van der Waals surface area contributed by atoms with Crippen molar-refractivity contribution in [1.82, 2.24) is 9.88 Å². The molecule has 0 bridgehead atoms. The maximum Gasteiger partial charge on any atom is 0.224 e. The molecule has 1 aromatic heterocycles. The van der Waals surface area contributed by atoms with Crippen molar-refractivity contribution in [1.29, 1.82) is 0 Å². The van der Waals surface area contributed by atoms with Crippen molar-refractivity contribution in [3.63, 3.8) is 0 Å². The summed E-state index contributed by atoms with van der Waals surface area (Å²) in [5.41, 5.74) is 1.40. The third-order valence-electron chi connectivity index (χ3n) is 3.52. The number of rotatable bonds is 6. The summed E-state index contributed by atoms with van der Waals surface area (Å²) in [4.78, 5) is 29.4. The number of amides is 2. The second-order valence-corrected chi connectivity index (χ2v) is 5.40. The third kappa shape index (κ3) is 4.18. The number of nitrogens with zero attached hydrogens (tertiary/aromatic N) is 2. The number of fused-ring (bicyclic) bond motifs is 1. The largest absolute Gasteiger partial charge is 0.494 e. The zero-order valence-corrected chi connectivity index (χ0v) is 13.6. The molecule has 1 heterocycles. The molecule has 1 N–H and O–H groups in total. The Kier molecular flexibility index (Phi) is 5.51. The van der Waals surface area contributed by atoms with Crippen molar-refractivity contribution < 1.29 is 14.3 Å². The number of hydrogen-bond acceptors (Lipinski definition) is 4. The van der Waals surface area contributed by atoms with Gasteiger partial charge < -0.3 is 15.0 Å². The fraction of sp³-hybridized carbons (Fsp3) is 0.353. The lowest BCUT2D eigenvalue weighted by molar-refractivity contribution is -0.128. The number of carbonyl (C=O) groups excluding carboxylic acids is 2. The van der Waals surface area contributed by atoms with E-state index in [2.05, 4.69) is 10.3 Å². The zero-order chi connectivity index (χ0) is 16.8. The van der Waals surface area contributed by atoms with Crippen LogP contribution < -0.4 is 10.1 Å². The van der Waals surface area contributed by atoms with Gasteiger partial charge in [0.25, 0.3) is 0 Å². The molecule has 0 saturated carbocycles. The Morgan fingerprint density at radius 3 is 2.70 bits per heavy atom. The maximum atomic E-state index is 12.1. The lowest BCUT2D eigenvalue weighted by Gasteiger charge is -2.12. The van der Waals surface area contributed by atoms with E-state index in [1.54, 1.807) is 39.5 Å². The molecule has 1 aromatic carbocycles. The summed E-state index contributed by atoms with van der Waals surface area (Å²) in [5.74, 6) is 0.568. The van der Waals surface area contributed by atoms with Gasteiger partial charge in [-0.2, -0.15) is 0 Å². The Bertz CT molecular complexity index is 713. The molecular weight excluding hydrogens is 294 g/mol. The minimum absolute atomic E-state index is 0.0249. The third-order valence-corrected chi connectivity index (χ3v) is 3.52.